The van der Waals surface area contributed by atoms with Crippen molar-refractivity contribution in [2.24, 2.45) is 0 Å². The molecular weight excluding hydrogens is 374 g/mol. The van der Waals surface area contributed by atoms with Crippen LogP contribution in [-0.4, -0.2) is 38.4 Å². The standard InChI is InChI=1S/C24H25N5O/c1-3-4-11-28(24(30)19-7-5-6-18(13-19)14-25)16-17(2)29-12-9-20-15-27-23-21(22(20)29)8-10-26-23/h5-10,12-13,15,17H,3-4,11,16H2,1-2H3,(H,26,27)/t17-/m1/s1. The molecule has 4 rings (SSSR count). The third kappa shape index (κ3) is 3.67. The Kier molecular flexibility index (Phi) is 5.53. The van der Waals surface area contributed by atoms with E-state index in [1.807, 2.05) is 23.4 Å². The third-order valence-electron chi connectivity index (χ3n) is 5.53. The van der Waals surface area contributed by atoms with Crippen LogP contribution in [0, 0.1) is 11.3 Å². The fraction of sp³-hybridized carbons (Fsp3) is 0.292. The molecule has 3 heterocycles. The van der Waals surface area contributed by atoms with Crippen molar-refractivity contribution in [2.75, 3.05) is 13.1 Å². The number of aromatic nitrogens is 3. The second kappa shape index (κ2) is 8.42. The van der Waals surface area contributed by atoms with Gasteiger partial charge in [-0.1, -0.05) is 19.4 Å². The van der Waals surface area contributed by atoms with Crippen LogP contribution in [0.1, 0.15) is 48.7 Å². The van der Waals surface area contributed by atoms with Crippen LogP contribution in [0.3, 0.4) is 0 Å². The predicted octanol–water partition coefficient (Wildman–Crippen LogP) is 4.89. The van der Waals surface area contributed by atoms with Crippen LogP contribution >= 0.6 is 0 Å². The van der Waals surface area contributed by atoms with Crippen molar-refractivity contribution in [3.8, 4) is 6.07 Å². The second-order valence-electron chi connectivity index (χ2n) is 7.67. The summed E-state index contributed by atoms with van der Waals surface area (Å²) >= 11 is 0. The summed E-state index contributed by atoms with van der Waals surface area (Å²) in [4.78, 5) is 22.8. The van der Waals surface area contributed by atoms with Crippen LogP contribution in [0.15, 0.2) is 55.0 Å². The van der Waals surface area contributed by atoms with Gasteiger partial charge in [0.05, 0.1) is 17.1 Å². The topological polar surface area (TPSA) is 77.7 Å². The number of hydrogen-bond donors (Lipinski definition) is 1. The number of benzene rings is 1. The molecule has 0 aliphatic carbocycles. The summed E-state index contributed by atoms with van der Waals surface area (Å²) in [5, 5.41) is 11.3. The minimum absolute atomic E-state index is 0.0303. The lowest BCUT2D eigenvalue weighted by Gasteiger charge is -2.27. The van der Waals surface area contributed by atoms with Crippen LogP contribution in [0.4, 0.5) is 0 Å². The average Bonchev–Trinajstić information content (AvgIpc) is 3.42. The van der Waals surface area contributed by atoms with Gasteiger partial charge < -0.3 is 14.5 Å². The molecule has 0 spiro atoms. The molecule has 0 bridgehead atoms. The maximum absolute atomic E-state index is 13.3. The summed E-state index contributed by atoms with van der Waals surface area (Å²) in [6, 6.07) is 13.3. The smallest absolute Gasteiger partial charge is 0.253 e. The first-order chi connectivity index (χ1) is 14.6. The maximum atomic E-state index is 13.3. The summed E-state index contributed by atoms with van der Waals surface area (Å²) in [6.45, 7) is 5.54. The zero-order valence-electron chi connectivity index (χ0n) is 17.3. The molecule has 4 aromatic rings. The number of amides is 1. The van der Waals surface area contributed by atoms with Crippen molar-refractivity contribution in [1.82, 2.24) is 19.4 Å². The van der Waals surface area contributed by atoms with Crippen molar-refractivity contribution in [3.63, 3.8) is 0 Å². The summed E-state index contributed by atoms with van der Waals surface area (Å²) in [6.07, 6.45) is 7.80. The highest BCUT2D eigenvalue weighted by atomic mass is 16.2. The first-order valence-electron chi connectivity index (χ1n) is 10.3. The van der Waals surface area contributed by atoms with E-state index in [-0.39, 0.29) is 11.9 Å². The number of nitrogens with zero attached hydrogens (tertiary/aromatic N) is 4. The van der Waals surface area contributed by atoms with E-state index in [0.29, 0.717) is 24.2 Å². The minimum atomic E-state index is -0.0303. The number of rotatable bonds is 7. The van der Waals surface area contributed by atoms with E-state index in [1.54, 1.807) is 24.3 Å². The van der Waals surface area contributed by atoms with E-state index < -0.39 is 0 Å². The van der Waals surface area contributed by atoms with Gasteiger partial charge in [0.25, 0.3) is 5.91 Å². The first-order valence-corrected chi connectivity index (χ1v) is 10.3. The van der Waals surface area contributed by atoms with E-state index in [1.165, 1.54) is 0 Å². The summed E-state index contributed by atoms with van der Waals surface area (Å²) in [7, 11) is 0. The molecule has 6 nitrogen and oxygen atoms in total. The lowest BCUT2D eigenvalue weighted by Crippen LogP contribution is -2.36. The minimum Gasteiger partial charge on any atom is -0.346 e. The van der Waals surface area contributed by atoms with E-state index in [9.17, 15) is 10.1 Å². The Bertz CT molecular complexity index is 1230. The molecule has 0 radical (unpaired) electrons. The van der Waals surface area contributed by atoms with Gasteiger partial charge in [-0.15, -0.1) is 0 Å². The van der Waals surface area contributed by atoms with Gasteiger partial charge in [0, 0.05) is 54.1 Å². The van der Waals surface area contributed by atoms with Crippen LogP contribution in [0.25, 0.3) is 21.9 Å². The van der Waals surface area contributed by atoms with Crippen LogP contribution in [0.5, 0.6) is 0 Å². The summed E-state index contributed by atoms with van der Waals surface area (Å²) in [5.41, 5.74) is 3.06. The maximum Gasteiger partial charge on any atom is 0.253 e. The molecule has 152 valence electrons. The Labute approximate surface area is 175 Å². The Morgan fingerprint density at radius 3 is 3.00 bits per heavy atom. The van der Waals surface area contributed by atoms with E-state index >= 15 is 0 Å². The summed E-state index contributed by atoms with van der Waals surface area (Å²) < 4.78 is 2.23. The number of nitriles is 1. The molecule has 0 saturated carbocycles. The lowest BCUT2D eigenvalue weighted by atomic mass is 10.1. The first kappa shape index (κ1) is 19.7. The zero-order chi connectivity index (χ0) is 21.1. The number of aromatic amines is 1. The second-order valence-corrected chi connectivity index (χ2v) is 7.67. The predicted molar refractivity (Wildman–Crippen MR) is 118 cm³/mol. The Morgan fingerprint density at radius 1 is 1.33 bits per heavy atom. The number of pyridine rings is 1. The normalized spacial score (nSPS) is 12.2. The van der Waals surface area contributed by atoms with Gasteiger partial charge >= 0.3 is 0 Å². The van der Waals surface area contributed by atoms with Crippen molar-refractivity contribution < 1.29 is 4.79 Å². The molecule has 0 aliphatic rings. The van der Waals surface area contributed by atoms with Gasteiger partial charge in [0.15, 0.2) is 0 Å². The third-order valence-corrected chi connectivity index (χ3v) is 5.53. The molecule has 30 heavy (non-hydrogen) atoms. The van der Waals surface area contributed by atoms with Gasteiger partial charge in [-0.05, 0) is 43.7 Å². The fourth-order valence-corrected chi connectivity index (χ4v) is 3.96. The number of fused-ring (bicyclic) bond motifs is 3. The number of nitrogens with one attached hydrogen (secondary N) is 1. The number of hydrogen-bond acceptors (Lipinski definition) is 3. The van der Waals surface area contributed by atoms with Crippen molar-refractivity contribution in [3.05, 3.63) is 66.1 Å². The Hall–Kier alpha value is -3.59. The molecule has 0 aliphatic heterocycles. The highest BCUT2D eigenvalue weighted by Crippen LogP contribution is 2.27. The SMILES string of the molecule is CCCCN(C[C@@H](C)n1ccc2cnc3[nH]ccc3c21)C(=O)c1cccc(C#N)c1. The highest BCUT2D eigenvalue weighted by molar-refractivity contribution is 6.02. The van der Waals surface area contributed by atoms with Crippen LogP contribution < -0.4 is 0 Å². The molecule has 0 saturated heterocycles. The number of carbonyl (C=O) groups excluding carboxylic acids is 1. The fourth-order valence-electron chi connectivity index (χ4n) is 3.96. The highest BCUT2D eigenvalue weighted by Gasteiger charge is 2.20. The molecule has 3 aromatic heterocycles. The van der Waals surface area contributed by atoms with E-state index in [2.05, 4.69) is 46.7 Å². The van der Waals surface area contributed by atoms with Gasteiger partial charge in [0.2, 0.25) is 0 Å². The molecule has 1 amide bonds. The quantitative estimate of drug-likeness (QED) is 0.480. The molecule has 0 unspecified atom stereocenters. The van der Waals surface area contributed by atoms with Crippen LogP contribution in [0.2, 0.25) is 0 Å². The van der Waals surface area contributed by atoms with Crippen molar-refractivity contribution >= 4 is 27.8 Å². The Balaban J connectivity index is 1.65. The number of carbonyl (C=O) groups is 1. The van der Waals surface area contributed by atoms with Crippen molar-refractivity contribution in [1.29, 1.82) is 5.26 Å². The molecular formula is C24H25N5O. The van der Waals surface area contributed by atoms with Crippen LogP contribution in [-0.2, 0) is 0 Å². The molecule has 0 fully saturated rings. The lowest BCUT2D eigenvalue weighted by molar-refractivity contribution is 0.0733. The zero-order valence-corrected chi connectivity index (χ0v) is 17.3. The van der Waals surface area contributed by atoms with E-state index in [4.69, 9.17) is 0 Å². The van der Waals surface area contributed by atoms with Gasteiger partial charge in [0.1, 0.15) is 5.65 Å². The number of unbranched alkanes of at least 4 members (excludes halogenated alkanes) is 1. The van der Waals surface area contributed by atoms with Gasteiger partial charge in [-0.2, -0.15) is 5.26 Å². The Morgan fingerprint density at radius 2 is 2.20 bits per heavy atom. The molecule has 1 N–H and O–H groups in total. The monoisotopic (exact) mass is 399 g/mol. The number of H-pyrrole nitrogens is 1. The molecule has 1 atom stereocenters. The summed E-state index contributed by atoms with van der Waals surface area (Å²) in [5.74, 6) is -0.0303. The van der Waals surface area contributed by atoms with Crippen molar-refractivity contribution in [2.45, 2.75) is 32.7 Å². The van der Waals surface area contributed by atoms with Gasteiger partial charge in [-0.25, -0.2) is 4.98 Å². The largest absolute Gasteiger partial charge is 0.346 e. The molecule has 1 aromatic carbocycles. The average molecular weight is 399 g/mol. The van der Waals surface area contributed by atoms with Gasteiger partial charge in [-0.3, -0.25) is 4.79 Å². The van der Waals surface area contributed by atoms with E-state index in [0.717, 1.165) is 34.8 Å². The molecule has 6 heteroatoms.